The highest BCUT2D eigenvalue weighted by Crippen LogP contribution is 2.14. The van der Waals surface area contributed by atoms with Gasteiger partial charge in [-0.3, -0.25) is 4.21 Å². The summed E-state index contributed by atoms with van der Waals surface area (Å²) in [5.74, 6) is 1.15. The fourth-order valence-corrected chi connectivity index (χ4v) is 2.40. The minimum atomic E-state index is -1.09. The molecule has 0 saturated carbocycles. The van der Waals surface area contributed by atoms with Crippen molar-refractivity contribution in [2.45, 2.75) is 10.9 Å². The van der Waals surface area contributed by atoms with Crippen LogP contribution >= 0.6 is 0 Å². The molecule has 0 aromatic heterocycles. The van der Waals surface area contributed by atoms with Crippen molar-refractivity contribution in [3.63, 3.8) is 0 Å². The molecular weight excluding hydrogens is 226 g/mol. The van der Waals surface area contributed by atoms with Crippen molar-refractivity contribution >= 4 is 10.8 Å². The van der Waals surface area contributed by atoms with E-state index < -0.39 is 10.8 Å². The predicted molar refractivity (Wildman–Crippen MR) is 64.1 cm³/mol. The van der Waals surface area contributed by atoms with E-state index in [4.69, 9.17) is 15.2 Å². The Bertz CT molecular complexity index is 340. The second kappa shape index (κ2) is 6.62. The van der Waals surface area contributed by atoms with Gasteiger partial charge in [-0.1, -0.05) is 0 Å². The molecule has 4 nitrogen and oxygen atoms in total. The summed E-state index contributed by atoms with van der Waals surface area (Å²) in [5, 5.41) is 0. The molecule has 16 heavy (non-hydrogen) atoms. The minimum Gasteiger partial charge on any atom is -0.497 e. The molecule has 0 aliphatic heterocycles. The van der Waals surface area contributed by atoms with Gasteiger partial charge in [-0.2, -0.15) is 0 Å². The van der Waals surface area contributed by atoms with Crippen molar-refractivity contribution in [3.8, 4) is 5.75 Å². The molecule has 1 rings (SSSR count). The Labute approximate surface area is 98.2 Å². The van der Waals surface area contributed by atoms with Crippen LogP contribution < -0.4 is 10.5 Å². The molecule has 5 heteroatoms. The van der Waals surface area contributed by atoms with Crippen molar-refractivity contribution in [3.05, 3.63) is 24.3 Å². The lowest BCUT2D eigenvalue weighted by molar-refractivity contribution is 0.186. The number of hydrogen-bond donors (Lipinski definition) is 1. The van der Waals surface area contributed by atoms with Crippen molar-refractivity contribution in [2.75, 3.05) is 26.6 Å². The molecule has 0 spiro atoms. The summed E-state index contributed by atoms with van der Waals surface area (Å²) in [4.78, 5) is 0.757. The van der Waals surface area contributed by atoms with Gasteiger partial charge >= 0.3 is 0 Å². The Morgan fingerprint density at radius 3 is 2.44 bits per heavy atom. The van der Waals surface area contributed by atoms with E-state index in [1.807, 2.05) is 0 Å². The van der Waals surface area contributed by atoms with E-state index in [0.29, 0.717) is 12.4 Å². The minimum absolute atomic E-state index is 0.201. The van der Waals surface area contributed by atoms with Crippen molar-refractivity contribution in [1.29, 1.82) is 0 Å². The normalized spacial score (nSPS) is 14.4. The Kier molecular flexibility index (Phi) is 5.45. The van der Waals surface area contributed by atoms with Gasteiger partial charge in [0.05, 0.1) is 24.5 Å². The number of hydrogen-bond acceptors (Lipinski definition) is 4. The fraction of sp³-hybridized carbons (Fsp3) is 0.455. The summed E-state index contributed by atoms with van der Waals surface area (Å²) in [6, 6.07) is 6.94. The molecule has 0 aliphatic rings. The van der Waals surface area contributed by atoms with Gasteiger partial charge in [-0.05, 0) is 24.3 Å². The largest absolute Gasteiger partial charge is 0.497 e. The first-order valence-corrected chi connectivity index (χ1v) is 6.26. The Morgan fingerprint density at radius 1 is 1.31 bits per heavy atom. The van der Waals surface area contributed by atoms with Crippen LogP contribution in [0, 0.1) is 0 Å². The first kappa shape index (κ1) is 13.2. The van der Waals surface area contributed by atoms with Gasteiger partial charge in [0.25, 0.3) is 0 Å². The van der Waals surface area contributed by atoms with Crippen molar-refractivity contribution in [2.24, 2.45) is 5.73 Å². The van der Waals surface area contributed by atoms with Crippen LogP contribution in [-0.2, 0) is 15.5 Å². The molecule has 0 bridgehead atoms. The zero-order valence-corrected chi connectivity index (χ0v) is 10.3. The van der Waals surface area contributed by atoms with Crippen molar-refractivity contribution < 1.29 is 13.7 Å². The molecule has 1 aromatic carbocycles. The van der Waals surface area contributed by atoms with E-state index >= 15 is 0 Å². The third-order valence-electron chi connectivity index (χ3n) is 2.07. The molecule has 0 amide bonds. The summed E-state index contributed by atoms with van der Waals surface area (Å²) < 4.78 is 21.8. The van der Waals surface area contributed by atoms with Gasteiger partial charge in [-0.15, -0.1) is 0 Å². The van der Waals surface area contributed by atoms with Crippen LogP contribution in [0.5, 0.6) is 5.75 Å². The summed E-state index contributed by atoms with van der Waals surface area (Å²) in [7, 11) is 2.09. The van der Waals surface area contributed by atoms with Crippen LogP contribution in [0.25, 0.3) is 0 Å². The maximum absolute atomic E-state index is 11.9. The van der Waals surface area contributed by atoms with E-state index in [1.54, 1.807) is 38.5 Å². The zero-order chi connectivity index (χ0) is 12.0. The highest BCUT2D eigenvalue weighted by Gasteiger charge is 2.09. The quantitative estimate of drug-likeness (QED) is 0.802. The van der Waals surface area contributed by atoms with E-state index in [0.717, 1.165) is 10.6 Å². The maximum atomic E-state index is 11.9. The van der Waals surface area contributed by atoms with E-state index in [2.05, 4.69) is 0 Å². The van der Waals surface area contributed by atoms with Gasteiger partial charge in [0.1, 0.15) is 5.75 Å². The van der Waals surface area contributed by atoms with Crippen LogP contribution in [0.3, 0.4) is 0 Å². The summed E-state index contributed by atoms with van der Waals surface area (Å²) in [6.07, 6.45) is 0. The molecule has 0 aliphatic carbocycles. The zero-order valence-electron chi connectivity index (χ0n) is 9.51. The summed E-state index contributed by atoms with van der Waals surface area (Å²) in [6.45, 7) is 0.419. The van der Waals surface area contributed by atoms with E-state index in [-0.39, 0.29) is 6.04 Å². The lowest BCUT2D eigenvalue weighted by Crippen LogP contribution is -2.31. The second-order valence-electron chi connectivity index (χ2n) is 3.40. The van der Waals surface area contributed by atoms with E-state index in [1.165, 1.54) is 0 Å². The molecule has 0 radical (unpaired) electrons. The molecular formula is C11H17NO3S. The third-order valence-corrected chi connectivity index (χ3v) is 3.60. The monoisotopic (exact) mass is 243 g/mol. The SMILES string of the molecule is COCC(N)CS(=O)c1ccc(OC)cc1. The number of benzene rings is 1. The van der Waals surface area contributed by atoms with Gasteiger partial charge in [0.15, 0.2) is 0 Å². The molecule has 0 saturated heterocycles. The van der Waals surface area contributed by atoms with Crippen LogP contribution in [0.15, 0.2) is 29.2 Å². The van der Waals surface area contributed by atoms with Gasteiger partial charge < -0.3 is 15.2 Å². The highest BCUT2D eigenvalue weighted by molar-refractivity contribution is 7.85. The molecule has 0 heterocycles. The molecule has 2 atom stereocenters. The third kappa shape index (κ3) is 3.92. The molecule has 90 valence electrons. The Hall–Kier alpha value is -0.910. The summed E-state index contributed by atoms with van der Waals surface area (Å²) in [5.41, 5.74) is 5.74. The average Bonchev–Trinajstić information content (AvgIpc) is 2.29. The van der Waals surface area contributed by atoms with Gasteiger partial charge in [0, 0.05) is 23.8 Å². The van der Waals surface area contributed by atoms with Crippen molar-refractivity contribution in [1.82, 2.24) is 0 Å². The Morgan fingerprint density at radius 2 is 1.94 bits per heavy atom. The number of nitrogens with two attached hydrogens (primary N) is 1. The van der Waals surface area contributed by atoms with Gasteiger partial charge in [-0.25, -0.2) is 0 Å². The number of rotatable bonds is 6. The lowest BCUT2D eigenvalue weighted by Gasteiger charge is -2.10. The molecule has 2 unspecified atom stereocenters. The predicted octanol–water partition coefficient (Wildman–Crippen LogP) is 0.776. The molecule has 1 aromatic rings. The maximum Gasteiger partial charge on any atom is 0.118 e. The first-order chi connectivity index (χ1) is 7.67. The Balaban J connectivity index is 2.59. The molecule has 0 fully saturated rings. The van der Waals surface area contributed by atoms with Gasteiger partial charge in [0.2, 0.25) is 0 Å². The smallest absolute Gasteiger partial charge is 0.118 e. The van der Waals surface area contributed by atoms with Crippen LogP contribution in [0.4, 0.5) is 0 Å². The average molecular weight is 243 g/mol. The number of ether oxygens (including phenoxy) is 2. The highest BCUT2D eigenvalue weighted by atomic mass is 32.2. The standard InChI is InChI=1S/C11H17NO3S/c1-14-7-9(12)8-16(13)11-5-3-10(15-2)4-6-11/h3-6,9H,7-8,12H2,1-2H3. The van der Waals surface area contributed by atoms with E-state index in [9.17, 15) is 4.21 Å². The molecule has 2 N–H and O–H groups in total. The number of methoxy groups -OCH3 is 2. The lowest BCUT2D eigenvalue weighted by atomic mass is 10.3. The summed E-state index contributed by atoms with van der Waals surface area (Å²) >= 11 is 0. The topological polar surface area (TPSA) is 61.5 Å². The van der Waals surface area contributed by atoms with Crippen LogP contribution in [-0.4, -0.2) is 36.8 Å². The second-order valence-corrected chi connectivity index (χ2v) is 4.90. The first-order valence-electron chi connectivity index (χ1n) is 4.94. The van der Waals surface area contributed by atoms with Crippen LogP contribution in [0.2, 0.25) is 0 Å². The fourth-order valence-electron chi connectivity index (χ4n) is 1.28. The van der Waals surface area contributed by atoms with Crippen LogP contribution in [0.1, 0.15) is 0 Å².